The smallest absolute Gasteiger partial charge is 0.450 e. The minimum atomic E-state index is -1.83. The molecule has 5 nitrogen and oxygen atoms in total. The van der Waals surface area contributed by atoms with Crippen molar-refractivity contribution >= 4 is 6.16 Å². The Morgan fingerprint density at radius 2 is 1.67 bits per heavy atom. The van der Waals surface area contributed by atoms with Gasteiger partial charge in [0.05, 0.1) is 12.7 Å². The summed E-state index contributed by atoms with van der Waals surface area (Å²) in [5.74, 6) is 0. The van der Waals surface area contributed by atoms with E-state index in [2.05, 4.69) is 18.7 Å². The molecule has 5 heteroatoms. The van der Waals surface area contributed by atoms with Crippen LogP contribution in [0.4, 0.5) is 4.79 Å². The van der Waals surface area contributed by atoms with Crippen molar-refractivity contribution < 1.29 is 19.7 Å². The summed E-state index contributed by atoms with van der Waals surface area (Å²) in [4.78, 5) is 11.0. The van der Waals surface area contributed by atoms with Gasteiger partial charge in [-0.2, -0.15) is 0 Å². The summed E-state index contributed by atoms with van der Waals surface area (Å²) in [5, 5.41) is 13.9. The van der Waals surface area contributed by atoms with Gasteiger partial charge >= 0.3 is 6.16 Å². The summed E-state index contributed by atoms with van der Waals surface area (Å²) in [7, 11) is 0. The van der Waals surface area contributed by atoms with Gasteiger partial charge in [0.25, 0.3) is 0 Å². The fourth-order valence-electron chi connectivity index (χ4n) is 2.12. The van der Waals surface area contributed by atoms with Crippen LogP contribution in [0.2, 0.25) is 0 Å². The molecule has 0 heterocycles. The predicted octanol–water partition coefficient (Wildman–Crippen LogP) is 2.90. The van der Waals surface area contributed by atoms with Gasteiger partial charge in [0.1, 0.15) is 0 Å². The Morgan fingerprint density at radius 3 is 2.11 bits per heavy atom. The molecule has 0 aromatic carbocycles. The van der Waals surface area contributed by atoms with Crippen LogP contribution in [-0.4, -0.2) is 53.6 Å². The first kappa shape index (κ1) is 17.2. The first-order valence-corrected chi connectivity index (χ1v) is 6.86. The van der Waals surface area contributed by atoms with Gasteiger partial charge in [0.15, 0.2) is 0 Å². The Bertz CT molecular complexity index is 197. The lowest BCUT2D eigenvalue weighted by atomic mass is 9.98. The maximum Gasteiger partial charge on any atom is 0.503 e. The number of hydrogen-bond donors (Lipinski definition) is 2. The normalized spacial score (nSPS) is 16.2. The molecule has 108 valence electrons. The second-order valence-corrected chi connectivity index (χ2v) is 4.44. The van der Waals surface area contributed by atoms with E-state index < -0.39 is 6.16 Å². The fourth-order valence-corrected chi connectivity index (χ4v) is 2.12. The van der Waals surface area contributed by atoms with E-state index in [4.69, 9.17) is 19.7 Å². The highest BCUT2D eigenvalue weighted by Gasteiger charge is 2.13. The molecule has 1 saturated carbocycles. The molecule has 18 heavy (non-hydrogen) atoms. The van der Waals surface area contributed by atoms with Crippen LogP contribution in [0.3, 0.4) is 0 Å². The molecule has 0 aromatic heterocycles. The molecule has 0 atom stereocenters. The quantitative estimate of drug-likeness (QED) is 0.769. The zero-order chi connectivity index (χ0) is 13.8. The number of hydrogen-bond acceptors (Lipinski definition) is 3. The van der Waals surface area contributed by atoms with Crippen LogP contribution in [-0.2, 0) is 4.74 Å². The van der Waals surface area contributed by atoms with Crippen LogP contribution in [0, 0.1) is 0 Å². The van der Waals surface area contributed by atoms with Crippen molar-refractivity contribution in [3.63, 3.8) is 0 Å². The van der Waals surface area contributed by atoms with Crippen molar-refractivity contribution in [2.75, 3.05) is 26.2 Å². The molecule has 0 unspecified atom stereocenters. The Balaban J connectivity index is 0.000000631. The molecule has 1 rings (SSSR count). The molecular formula is C13H27NO4. The van der Waals surface area contributed by atoms with E-state index in [0.717, 1.165) is 26.2 Å². The van der Waals surface area contributed by atoms with Gasteiger partial charge < -0.3 is 19.8 Å². The number of rotatable bonds is 6. The van der Waals surface area contributed by atoms with Crippen molar-refractivity contribution in [2.45, 2.75) is 52.1 Å². The Hall–Kier alpha value is -0.810. The zero-order valence-corrected chi connectivity index (χ0v) is 11.6. The van der Waals surface area contributed by atoms with Gasteiger partial charge in [0, 0.05) is 6.54 Å². The van der Waals surface area contributed by atoms with Crippen molar-refractivity contribution in [3.05, 3.63) is 0 Å². The Morgan fingerprint density at radius 1 is 1.17 bits per heavy atom. The number of carbonyl (C=O) groups is 1. The Labute approximate surface area is 110 Å². The van der Waals surface area contributed by atoms with Crippen LogP contribution in [0.15, 0.2) is 0 Å². The summed E-state index contributed by atoms with van der Waals surface area (Å²) in [6, 6.07) is 0. The third-order valence-electron chi connectivity index (χ3n) is 3.21. The van der Waals surface area contributed by atoms with Crippen LogP contribution in [0.25, 0.3) is 0 Å². The molecule has 0 aliphatic heterocycles. The molecular weight excluding hydrogens is 234 g/mol. The van der Waals surface area contributed by atoms with Crippen LogP contribution in [0.5, 0.6) is 0 Å². The maximum absolute atomic E-state index is 8.56. The summed E-state index contributed by atoms with van der Waals surface area (Å²) in [5.41, 5.74) is 0. The molecule has 0 amide bonds. The first-order chi connectivity index (χ1) is 8.60. The topological polar surface area (TPSA) is 70.0 Å². The number of likely N-dealkylation sites (N-methyl/N-ethyl adjacent to an activating group) is 1. The number of ether oxygens (including phenoxy) is 1. The van der Waals surface area contributed by atoms with Crippen LogP contribution in [0.1, 0.15) is 46.0 Å². The Kier molecular flexibility index (Phi) is 10.8. The van der Waals surface area contributed by atoms with E-state index >= 15 is 0 Å². The van der Waals surface area contributed by atoms with E-state index in [1.165, 1.54) is 32.1 Å². The van der Waals surface area contributed by atoms with Gasteiger partial charge in [-0.25, -0.2) is 4.79 Å². The van der Waals surface area contributed by atoms with Gasteiger partial charge in [-0.3, -0.25) is 0 Å². The van der Waals surface area contributed by atoms with E-state index in [1.54, 1.807) is 0 Å². The van der Waals surface area contributed by atoms with Crippen molar-refractivity contribution in [1.82, 2.24) is 4.90 Å². The van der Waals surface area contributed by atoms with Gasteiger partial charge in [0.2, 0.25) is 0 Å². The average molecular weight is 261 g/mol. The lowest BCUT2D eigenvalue weighted by Crippen LogP contribution is -2.29. The molecule has 1 aliphatic rings. The molecule has 0 saturated heterocycles. The molecule has 0 spiro atoms. The average Bonchev–Trinajstić information content (AvgIpc) is 2.35. The lowest BCUT2D eigenvalue weighted by Gasteiger charge is -2.24. The number of nitrogens with zero attached hydrogens (tertiary/aromatic N) is 1. The molecule has 2 N–H and O–H groups in total. The number of carboxylic acid groups (broad SMARTS) is 2. The van der Waals surface area contributed by atoms with E-state index in [-0.39, 0.29) is 0 Å². The molecule has 0 aromatic rings. The van der Waals surface area contributed by atoms with Gasteiger partial charge in [-0.15, -0.1) is 0 Å². The molecule has 0 bridgehead atoms. The third-order valence-corrected chi connectivity index (χ3v) is 3.21. The van der Waals surface area contributed by atoms with Crippen LogP contribution >= 0.6 is 0 Å². The van der Waals surface area contributed by atoms with E-state index in [0.29, 0.717) is 6.10 Å². The summed E-state index contributed by atoms with van der Waals surface area (Å²) < 4.78 is 5.88. The highest BCUT2D eigenvalue weighted by molar-refractivity contribution is 5.53. The van der Waals surface area contributed by atoms with Gasteiger partial charge in [-0.05, 0) is 25.9 Å². The highest BCUT2D eigenvalue weighted by Crippen LogP contribution is 2.19. The monoisotopic (exact) mass is 261 g/mol. The SMILES string of the molecule is CCN(CC)CCOC1CCCCC1.O=C(O)O. The van der Waals surface area contributed by atoms with Crippen LogP contribution < -0.4 is 0 Å². The zero-order valence-electron chi connectivity index (χ0n) is 11.6. The molecule has 1 aliphatic carbocycles. The summed E-state index contributed by atoms with van der Waals surface area (Å²) >= 11 is 0. The first-order valence-electron chi connectivity index (χ1n) is 6.86. The van der Waals surface area contributed by atoms with Crippen molar-refractivity contribution in [2.24, 2.45) is 0 Å². The van der Waals surface area contributed by atoms with E-state index in [9.17, 15) is 0 Å². The lowest BCUT2D eigenvalue weighted by molar-refractivity contribution is 0.0173. The fraction of sp³-hybridized carbons (Fsp3) is 0.923. The van der Waals surface area contributed by atoms with Gasteiger partial charge in [-0.1, -0.05) is 33.1 Å². The minimum Gasteiger partial charge on any atom is -0.450 e. The molecule has 1 fully saturated rings. The maximum atomic E-state index is 8.56. The van der Waals surface area contributed by atoms with E-state index in [1.807, 2.05) is 0 Å². The predicted molar refractivity (Wildman–Crippen MR) is 71.3 cm³/mol. The van der Waals surface area contributed by atoms with Crippen molar-refractivity contribution in [1.29, 1.82) is 0 Å². The second kappa shape index (κ2) is 11.3. The minimum absolute atomic E-state index is 0.569. The highest BCUT2D eigenvalue weighted by atomic mass is 16.6. The standard InChI is InChI=1S/C12H25NO.CH2O3/c1-3-13(4-2)10-11-14-12-8-6-5-7-9-12;2-1(3)4/h12H,3-11H2,1-2H3;(H2,2,3,4). The summed E-state index contributed by atoms with van der Waals surface area (Å²) in [6.45, 7) is 8.74. The second-order valence-electron chi connectivity index (χ2n) is 4.44. The molecule has 0 radical (unpaired) electrons. The third kappa shape index (κ3) is 10.4. The largest absolute Gasteiger partial charge is 0.503 e. The summed E-state index contributed by atoms with van der Waals surface area (Å²) in [6.07, 6.45) is 5.47. The van der Waals surface area contributed by atoms with Crippen molar-refractivity contribution in [3.8, 4) is 0 Å².